The van der Waals surface area contributed by atoms with E-state index in [4.69, 9.17) is 5.73 Å². The highest BCUT2D eigenvalue weighted by molar-refractivity contribution is 7.15. The Bertz CT molecular complexity index is 487. The summed E-state index contributed by atoms with van der Waals surface area (Å²) in [7, 11) is 0. The highest BCUT2D eigenvalue weighted by atomic mass is 32.1. The highest BCUT2D eigenvalue weighted by Gasteiger charge is 2.18. The molecule has 0 atom stereocenters. The van der Waals surface area contributed by atoms with Gasteiger partial charge in [-0.05, 0) is 16.9 Å². The molecule has 3 nitrogen and oxygen atoms in total. The van der Waals surface area contributed by atoms with E-state index in [1.807, 2.05) is 11.3 Å². The zero-order valence-electron chi connectivity index (χ0n) is 12.5. The molecular formula is C14H23N3S2. The Morgan fingerprint density at radius 3 is 1.84 bits per heavy atom. The molecule has 0 bridgehead atoms. The van der Waals surface area contributed by atoms with E-state index < -0.39 is 0 Å². The summed E-state index contributed by atoms with van der Waals surface area (Å²) >= 11 is 3.28. The molecule has 0 aliphatic heterocycles. The van der Waals surface area contributed by atoms with Gasteiger partial charge in [-0.25, -0.2) is 0 Å². The summed E-state index contributed by atoms with van der Waals surface area (Å²) in [5.41, 5.74) is 5.84. The van der Waals surface area contributed by atoms with Crippen LogP contribution >= 0.6 is 22.7 Å². The van der Waals surface area contributed by atoms with Crippen LogP contribution in [0.15, 0.2) is 17.5 Å². The van der Waals surface area contributed by atoms with Crippen LogP contribution in [0.1, 0.15) is 51.4 Å². The Morgan fingerprint density at radius 2 is 1.63 bits per heavy atom. The number of rotatable bonds is 0. The molecule has 0 fully saturated rings. The van der Waals surface area contributed by atoms with Crippen LogP contribution in [0.25, 0.3) is 0 Å². The summed E-state index contributed by atoms with van der Waals surface area (Å²) in [6, 6.07) is 4.29. The van der Waals surface area contributed by atoms with Crippen molar-refractivity contribution >= 4 is 27.8 Å². The van der Waals surface area contributed by atoms with Crippen LogP contribution < -0.4 is 5.73 Å². The topological polar surface area (TPSA) is 51.8 Å². The first-order valence-electron chi connectivity index (χ1n) is 6.24. The fraction of sp³-hybridized carbons (Fsp3) is 0.571. The number of thiophene rings is 1. The Morgan fingerprint density at radius 1 is 1.00 bits per heavy atom. The van der Waals surface area contributed by atoms with E-state index in [0.717, 1.165) is 5.01 Å². The van der Waals surface area contributed by atoms with Gasteiger partial charge in [-0.2, -0.15) is 0 Å². The van der Waals surface area contributed by atoms with Crippen molar-refractivity contribution in [3.63, 3.8) is 0 Å². The Balaban J connectivity index is 0.000000191. The lowest BCUT2D eigenvalue weighted by Crippen LogP contribution is -2.10. The highest BCUT2D eigenvalue weighted by Crippen LogP contribution is 2.26. The van der Waals surface area contributed by atoms with E-state index >= 15 is 0 Å². The molecule has 0 unspecified atom stereocenters. The average molecular weight is 297 g/mol. The third-order valence-electron chi connectivity index (χ3n) is 2.34. The third kappa shape index (κ3) is 5.28. The number of nitrogens with zero attached hydrogens (tertiary/aromatic N) is 2. The van der Waals surface area contributed by atoms with E-state index in [-0.39, 0.29) is 5.41 Å². The molecular weight excluding hydrogens is 274 g/mol. The van der Waals surface area contributed by atoms with Gasteiger partial charge < -0.3 is 5.73 Å². The van der Waals surface area contributed by atoms with Crippen molar-refractivity contribution in [2.75, 3.05) is 5.73 Å². The van der Waals surface area contributed by atoms with Crippen LogP contribution in [0, 0.1) is 0 Å². The molecule has 2 N–H and O–H groups in total. The Kier molecular flexibility index (Phi) is 5.10. The molecule has 2 rings (SSSR count). The van der Waals surface area contributed by atoms with Gasteiger partial charge in [0, 0.05) is 10.3 Å². The van der Waals surface area contributed by atoms with Crippen molar-refractivity contribution in [3.05, 3.63) is 27.4 Å². The van der Waals surface area contributed by atoms with E-state index in [1.54, 1.807) is 0 Å². The molecule has 0 amide bonds. The average Bonchev–Trinajstić information content (AvgIpc) is 2.84. The number of nitrogen functional groups attached to an aromatic ring is 1. The van der Waals surface area contributed by atoms with Crippen molar-refractivity contribution < 1.29 is 0 Å². The van der Waals surface area contributed by atoms with Crippen LogP contribution in [-0.4, -0.2) is 10.2 Å². The molecule has 0 radical (unpaired) electrons. The van der Waals surface area contributed by atoms with Gasteiger partial charge in [-0.15, -0.1) is 21.5 Å². The number of nitrogens with two attached hydrogens (primary N) is 1. The smallest absolute Gasteiger partial charge is 0.203 e. The van der Waals surface area contributed by atoms with Gasteiger partial charge in [0.05, 0.1) is 0 Å². The molecule has 2 aromatic rings. The fourth-order valence-electron chi connectivity index (χ4n) is 1.24. The molecule has 2 aromatic heterocycles. The minimum Gasteiger partial charge on any atom is -0.374 e. The van der Waals surface area contributed by atoms with Crippen LogP contribution in [0.2, 0.25) is 0 Å². The predicted molar refractivity (Wildman–Crippen MR) is 86.0 cm³/mol. The van der Waals surface area contributed by atoms with Crippen molar-refractivity contribution in [3.8, 4) is 0 Å². The summed E-state index contributed by atoms with van der Waals surface area (Å²) in [5, 5.41) is 11.3. The predicted octanol–water partition coefficient (Wildman–Crippen LogP) is 4.46. The van der Waals surface area contributed by atoms with Gasteiger partial charge >= 0.3 is 0 Å². The second-order valence-electron chi connectivity index (χ2n) is 6.42. The normalized spacial score (nSPS) is 11.9. The van der Waals surface area contributed by atoms with Crippen LogP contribution in [0.4, 0.5) is 5.13 Å². The maximum Gasteiger partial charge on any atom is 0.203 e. The number of aromatic nitrogens is 2. The molecule has 5 heteroatoms. The van der Waals surface area contributed by atoms with E-state index in [2.05, 4.69) is 69.3 Å². The Labute approximate surface area is 123 Å². The van der Waals surface area contributed by atoms with Crippen molar-refractivity contribution in [1.82, 2.24) is 10.2 Å². The van der Waals surface area contributed by atoms with Crippen LogP contribution in [-0.2, 0) is 10.8 Å². The number of hydrogen-bond acceptors (Lipinski definition) is 5. The van der Waals surface area contributed by atoms with E-state index in [9.17, 15) is 0 Å². The SMILES string of the molecule is CC(C)(C)c1cccs1.CC(C)(C)c1nnc(N)s1. The summed E-state index contributed by atoms with van der Waals surface area (Å²) in [4.78, 5) is 1.46. The number of hydrogen-bond donors (Lipinski definition) is 1. The minimum atomic E-state index is 0.0787. The van der Waals surface area contributed by atoms with Crippen molar-refractivity contribution in [2.45, 2.75) is 52.4 Å². The fourth-order valence-corrected chi connectivity index (χ4v) is 2.73. The van der Waals surface area contributed by atoms with Crippen LogP contribution in [0.3, 0.4) is 0 Å². The number of anilines is 1. The van der Waals surface area contributed by atoms with Gasteiger partial charge in [0.15, 0.2) is 0 Å². The molecule has 0 aliphatic rings. The van der Waals surface area contributed by atoms with Crippen molar-refractivity contribution in [2.24, 2.45) is 0 Å². The van der Waals surface area contributed by atoms with E-state index in [1.165, 1.54) is 16.2 Å². The van der Waals surface area contributed by atoms with Crippen molar-refractivity contribution in [1.29, 1.82) is 0 Å². The second kappa shape index (κ2) is 6.01. The van der Waals surface area contributed by atoms with Gasteiger partial charge in [0.25, 0.3) is 0 Å². The lowest BCUT2D eigenvalue weighted by molar-refractivity contribution is 0.578. The monoisotopic (exact) mass is 297 g/mol. The summed E-state index contributed by atoms with van der Waals surface area (Å²) in [6.45, 7) is 13.0. The quantitative estimate of drug-likeness (QED) is 0.781. The van der Waals surface area contributed by atoms with Gasteiger partial charge in [-0.3, -0.25) is 0 Å². The maximum absolute atomic E-state index is 5.42. The molecule has 106 valence electrons. The minimum absolute atomic E-state index is 0.0787. The summed E-state index contributed by atoms with van der Waals surface area (Å²) in [5.74, 6) is 0. The largest absolute Gasteiger partial charge is 0.374 e. The first kappa shape index (κ1) is 16.1. The maximum atomic E-state index is 5.42. The molecule has 0 aliphatic carbocycles. The molecule has 0 saturated heterocycles. The standard InChI is InChI=1S/C8H12S.C6H11N3S/c1-8(2,3)7-5-4-6-9-7;1-6(2,3)4-8-9-5(7)10-4/h4-6H,1-3H3;1-3H3,(H2,7,9). The first-order valence-corrected chi connectivity index (χ1v) is 7.94. The molecule has 0 aromatic carbocycles. The summed E-state index contributed by atoms with van der Waals surface area (Å²) in [6.07, 6.45) is 0. The zero-order chi connectivity index (χ0) is 14.7. The lowest BCUT2D eigenvalue weighted by Gasteiger charge is -2.14. The lowest BCUT2D eigenvalue weighted by atomic mass is 9.95. The second-order valence-corrected chi connectivity index (χ2v) is 8.38. The van der Waals surface area contributed by atoms with E-state index in [0.29, 0.717) is 10.5 Å². The molecule has 0 spiro atoms. The van der Waals surface area contributed by atoms with Crippen LogP contribution in [0.5, 0.6) is 0 Å². The van der Waals surface area contributed by atoms with Gasteiger partial charge in [0.1, 0.15) is 5.01 Å². The first-order chi connectivity index (χ1) is 8.60. The zero-order valence-corrected chi connectivity index (χ0v) is 14.2. The summed E-state index contributed by atoms with van der Waals surface area (Å²) < 4.78 is 0. The third-order valence-corrected chi connectivity index (χ3v) is 4.82. The molecule has 2 heterocycles. The molecule has 0 saturated carbocycles. The van der Waals surface area contributed by atoms with Gasteiger partial charge in [0.2, 0.25) is 5.13 Å². The van der Waals surface area contributed by atoms with Gasteiger partial charge in [-0.1, -0.05) is 58.9 Å². The molecule has 19 heavy (non-hydrogen) atoms. The Hall–Kier alpha value is -0.940.